The van der Waals surface area contributed by atoms with Crippen LogP contribution in [-0.4, -0.2) is 44.0 Å². The van der Waals surface area contributed by atoms with Gasteiger partial charge in [0.15, 0.2) is 11.6 Å². The first-order valence-corrected chi connectivity index (χ1v) is 11.2. The van der Waals surface area contributed by atoms with Crippen molar-refractivity contribution < 1.29 is 9.32 Å². The fraction of sp³-hybridized carbons (Fsp3) is 0.269. The monoisotopic (exact) mass is 439 g/mol. The van der Waals surface area contributed by atoms with Gasteiger partial charge in [-0.2, -0.15) is 0 Å². The van der Waals surface area contributed by atoms with E-state index in [4.69, 9.17) is 9.51 Å². The van der Waals surface area contributed by atoms with E-state index >= 15 is 0 Å². The number of hydrogen-bond acceptors (Lipinski definition) is 6. The molecular weight excluding hydrogens is 414 g/mol. The molecule has 1 aromatic carbocycles. The number of amides is 1. The average Bonchev–Trinajstić information content (AvgIpc) is 3.30. The minimum atomic E-state index is 0.0591. The molecule has 4 aromatic rings. The SMILES string of the molecule is Cc1cccc(C(=O)N2CCCC(c3nc(-c4ccncc4)ncc3-c3cc(C)no3)C2)c1. The lowest BCUT2D eigenvalue weighted by atomic mass is 9.90. The Morgan fingerprint density at radius 3 is 2.73 bits per heavy atom. The number of hydrogen-bond donors (Lipinski definition) is 0. The Balaban J connectivity index is 1.51. The van der Waals surface area contributed by atoms with Gasteiger partial charge in [-0.25, -0.2) is 9.97 Å². The third kappa shape index (κ3) is 4.39. The van der Waals surface area contributed by atoms with Gasteiger partial charge in [-0.05, 0) is 51.0 Å². The molecule has 7 heteroatoms. The zero-order valence-electron chi connectivity index (χ0n) is 18.7. The molecule has 33 heavy (non-hydrogen) atoms. The third-order valence-electron chi connectivity index (χ3n) is 6.01. The summed E-state index contributed by atoms with van der Waals surface area (Å²) in [4.78, 5) is 28.8. The molecule has 4 heterocycles. The van der Waals surface area contributed by atoms with Gasteiger partial charge in [0.2, 0.25) is 0 Å². The molecule has 1 atom stereocenters. The van der Waals surface area contributed by atoms with Crippen molar-refractivity contribution in [1.29, 1.82) is 0 Å². The van der Waals surface area contributed by atoms with E-state index < -0.39 is 0 Å². The van der Waals surface area contributed by atoms with Crippen molar-refractivity contribution in [3.05, 3.63) is 83.6 Å². The quantitative estimate of drug-likeness (QED) is 0.453. The zero-order chi connectivity index (χ0) is 22.8. The summed E-state index contributed by atoms with van der Waals surface area (Å²) in [6, 6.07) is 13.4. The van der Waals surface area contributed by atoms with Crippen molar-refractivity contribution in [1.82, 2.24) is 25.0 Å². The van der Waals surface area contributed by atoms with Crippen molar-refractivity contribution in [3.63, 3.8) is 0 Å². The van der Waals surface area contributed by atoms with Gasteiger partial charge in [0.1, 0.15) is 0 Å². The van der Waals surface area contributed by atoms with Crippen molar-refractivity contribution >= 4 is 5.91 Å². The van der Waals surface area contributed by atoms with Gasteiger partial charge in [0, 0.05) is 54.8 Å². The fourth-order valence-electron chi connectivity index (χ4n) is 4.37. The maximum absolute atomic E-state index is 13.2. The predicted molar refractivity (Wildman–Crippen MR) is 125 cm³/mol. The third-order valence-corrected chi connectivity index (χ3v) is 6.01. The molecule has 0 radical (unpaired) electrons. The molecule has 1 saturated heterocycles. The smallest absolute Gasteiger partial charge is 0.253 e. The lowest BCUT2D eigenvalue weighted by Crippen LogP contribution is -2.39. The number of pyridine rings is 1. The van der Waals surface area contributed by atoms with Gasteiger partial charge in [-0.15, -0.1) is 0 Å². The standard InChI is InChI=1S/C26H25N5O2/c1-17-5-3-6-20(13-17)26(32)31-12-4-7-21(16-31)24-22(23-14-18(2)30-33-23)15-28-25(29-24)19-8-10-27-11-9-19/h3,5-6,8-11,13-15,21H,4,7,12,16H2,1-2H3. The van der Waals surface area contributed by atoms with Crippen LogP contribution in [0.15, 0.2) is 65.6 Å². The van der Waals surface area contributed by atoms with E-state index in [1.54, 1.807) is 18.6 Å². The number of carbonyl (C=O) groups excluding carboxylic acids is 1. The van der Waals surface area contributed by atoms with E-state index in [1.165, 1.54) is 0 Å². The van der Waals surface area contributed by atoms with Crippen LogP contribution >= 0.6 is 0 Å². The first-order chi connectivity index (χ1) is 16.1. The van der Waals surface area contributed by atoms with E-state index in [9.17, 15) is 4.79 Å². The normalized spacial score (nSPS) is 16.1. The van der Waals surface area contributed by atoms with Crippen LogP contribution < -0.4 is 0 Å². The molecular formula is C26H25N5O2. The molecule has 1 aliphatic heterocycles. The highest BCUT2D eigenvalue weighted by Crippen LogP contribution is 2.35. The summed E-state index contributed by atoms with van der Waals surface area (Å²) < 4.78 is 5.56. The van der Waals surface area contributed by atoms with Crippen LogP contribution in [0.2, 0.25) is 0 Å². The van der Waals surface area contributed by atoms with Crippen molar-refractivity contribution in [2.24, 2.45) is 0 Å². The molecule has 0 N–H and O–H groups in total. The van der Waals surface area contributed by atoms with Crippen LogP contribution in [0.4, 0.5) is 0 Å². The molecule has 0 aliphatic carbocycles. The van der Waals surface area contributed by atoms with E-state index in [1.807, 2.05) is 61.2 Å². The van der Waals surface area contributed by atoms with Crippen molar-refractivity contribution in [2.45, 2.75) is 32.6 Å². The molecule has 1 amide bonds. The summed E-state index contributed by atoms with van der Waals surface area (Å²) in [6.07, 6.45) is 7.11. The molecule has 3 aromatic heterocycles. The molecule has 5 rings (SSSR count). The minimum Gasteiger partial charge on any atom is -0.356 e. The molecule has 1 unspecified atom stereocenters. The van der Waals surface area contributed by atoms with Gasteiger partial charge in [0.25, 0.3) is 5.91 Å². The second-order valence-corrected chi connectivity index (χ2v) is 8.52. The Bertz CT molecular complexity index is 1280. The first-order valence-electron chi connectivity index (χ1n) is 11.2. The van der Waals surface area contributed by atoms with Gasteiger partial charge >= 0.3 is 0 Å². The summed E-state index contributed by atoms with van der Waals surface area (Å²) in [5.74, 6) is 1.40. The van der Waals surface area contributed by atoms with Crippen LogP contribution in [0, 0.1) is 13.8 Å². The van der Waals surface area contributed by atoms with Gasteiger partial charge < -0.3 is 9.42 Å². The zero-order valence-corrected chi connectivity index (χ0v) is 18.7. The Morgan fingerprint density at radius 2 is 1.97 bits per heavy atom. The number of nitrogens with zero attached hydrogens (tertiary/aromatic N) is 5. The Hall–Kier alpha value is -3.87. The highest BCUT2D eigenvalue weighted by atomic mass is 16.5. The van der Waals surface area contributed by atoms with Crippen LogP contribution in [-0.2, 0) is 0 Å². The van der Waals surface area contributed by atoms with Crippen LogP contribution in [0.3, 0.4) is 0 Å². The van der Waals surface area contributed by atoms with Gasteiger partial charge in [-0.3, -0.25) is 9.78 Å². The lowest BCUT2D eigenvalue weighted by molar-refractivity contribution is 0.0706. The van der Waals surface area contributed by atoms with Crippen LogP contribution in [0.25, 0.3) is 22.7 Å². The Labute approximate surface area is 192 Å². The van der Waals surface area contributed by atoms with Crippen molar-refractivity contribution in [2.75, 3.05) is 13.1 Å². The number of carbonyl (C=O) groups is 1. The summed E-state index contributed by atoms with van der Waals surface area (Å²) in [7, 11) is 0. The minimum absolute atomic E-state index is 0.0591. The molecule has 166 valence electrons. The average molecular weight is 440 g/mol. The number of likely N-dealkylation sites (tertiary alicyclic amines) is 1. The number of aryl methyl sites for hydroxylation is 2. The largest absolute Gasteiger partial charge is 0.356 e. The number of benzene rings is 1. The second-order valence-electron chi connectivity index (χ2n) is 8.52. The van der Waals surface area contributed by atoms with E-state index in [-0.39, 0.29) is 11.8 Å². The second kappa shape index (κ2) is 8.94. The summed E-state index contributed by atoms with van der Waals surface area (Å²) in [5, 5.41) is 4.05. The predicted octanol–water partition coefficient (Wildman–Crippen LogP) is 4.83. The first kappa shape index (κ1) is 21.0. The van der Waals surface area contributed by atoms with E-state index in [0.717, 1.165) is 53.0 Å². The fourth-order valence-corrected chi connectivity index (χ4v) is 4.37. The Kier molecular flexibility index (Phi) is 5.69. The summed E-state index contributed by atoms with van der Waals surface area (Å²) >= 11 is 0. The Morgan fingerprint density at radius 1 is 1.12 bits per heavy atom. The number of rotatable bonds is 4. The summed E-state index contributed by atoms with van der Waals surface area (Å²) in [5.41, 5.74) is 5.21. The molecule has 0 bridgehead atoms. The molecule has 7 nitrogen and oxygen atoms in total. The van der Waals surface area contributed by atoms with E-state index in [0.29, 0.717) is 18.1 Å². The summed E-state index contributed by atoms with van der Waals surface area (Å²) in [6.45, 7) is 5.23. The topological polar surface area (TPSA) is 85.0 Å². The molecule has 0 saturated carbocycles. The highest BCUT2D eigenvalue weighted by molar-refractivity contribution is 5.94. The van der Waals surface area contributed by atoms with E-state index in [2.05, 4.69) is 15.1 Å². The molecule has 1 fully saturated rings. The maximum atomic E-state index is 13.2. The van der Waals surface area contributed by atoms with Crippen molar-refractivity contribution in [3.8, 4) is 22.7 Å². The van der Waals surface area contributed by atoms with Gasteiger partial charge in [0.05, 0.1) is 17.0 Å². The number of piperidine rings is 1. The van der Waals surface area contributed by atoms with Crippen LogP contribution in [0.5, 0.6) is 0 Å². The number of aromatic nitrogens is 4. The highest BCUT2D eigenvalue weighted by Gasteiger charge is 2.29. The molecule has 0 spiro atoms. The van der Waals surface area contributed by atoms with Gasteiger partial charge in [-0.1, -0.05) is 22.9 Å². The van der Waals surface area contributed by atoms with Crippen LogP contribution in [0.1, 0.15) is 46.1 Å². The molecule has 1 aliphatic rings. The lowest BCUT2D eigenvalue weighted by Gasteiger charge is -2.33. The maximum Gasteiger partial charge on any atom is 0.253 e.